The van der Waals surface area contributed by atoms with Gasteiger partial charge in [0, 0.05) is 18.7 Å². The van der Waals surface area contributed by atoms with Gasteiger partial charge >= 0.3 is 0 Å². The molecule has 1 saturated heterocycles. The van der Waals surface area contributed by atoms with E-state index in [0.29, 0.717) is 30.2 Å². The summed E-state index contributed by atoms with van der Waals surface area (Å²) in [7, 11) is 1.58. The Balaban J connectivity index is 1.64. The molecule has 2 heterocycles. The van der Waals surface area contributed by atoms with E-state index in [4.69, 9.17) is 9.47 Å². The van der Waals surface area contributed by atoms with Gasteiger partial charge in [-0.1, -0.05) is 30.3 Å². The summed E-state index contributed by atoms with van der Waals surface area (Å²) >= 11 is 0. The summed E-state index contributed by atoms with van der Waals surface area (Å²) < 4.78 is 11.5. The number of methoxy groups -OCH3 is 1. The zero-order valence-corrected chi connectivity index (χ0v) is 16.1. The van der Waals surface area contributed by atoms with Crippen LogP contribution in [0.15, 0.2) is 42.5 Å². The maximum absolute atomic E-state index is 13.3. The van der Waals surface area contributed by atoms with Crippen molar-refractivity contribution >= 4 is 11.6 Å². The lowest BCUT2D eigenvalue weighted by molar-refractivity contribution is 0.0343. The van der Waals surface area contributed by atoms with Crippen LogP contribution in [0.25, 0.3) is 0 Å². The highest BCUT2D eigenvalue weighted by Crippen LogP contribution is 2.38. The molecule has 0 aromatic heterocycles. The van der Waals surface area contributed by atoms with Crippen molar-refractivity contribution in [1.29, 1.82) is 0 Å². The van der Waals surface area contributed by atoms with Crippen LogP contribution in [0.3, 0.4) is 0 Å². The summed E-state index contributed by atoms with van der Waals surface area (Å²) in [6.45, 7) is 1.08. The number of carbonyl (C=O) groups excluding carboxylic acids is 1. The molecule has 2 aromatic rings. The van der Waals surface area contributed by atoms with Crippen LogP contribution in [0.4, 0.5) is 5.69 Å². The van der Waals surface area contributed by atoms with E-state index in [2.05, 4.69) is 5.32 Å². The summed E-state index contributed by atoms with van der Waals surface area (Å²) in [6.07, 6.45) is 2.80. The van der Waals surface area contributed by atoms with E-state index in [1.165, 1.54) is 0 Å². The fraction of sp³-hybridized carbons (Fsp3) is 0.409. The first-order valence-corrected chi connectivity index (χ1v) is 9.77. The van der Waals surface area contributed by atoms with Gasteiger partial charge in [0.05, 0.1) is 31.0 Å². The van der Waals surface area contributed by atoms with Crippen LogP contribution in [0.2, 0.25) is 0 Å². The van der Waals surface area contributed by atoms with E-state index in [1.807, 2.05) is 41.3 Å². The van der Waals surface area contributed by atoms with E-state index >= 15 is 0 Å². The van der Waals surface area contributed by atoms with Crippen LogP contribution >= 0.6 is 0 Å². The molecule has 2 N–H and O–H groups in total. The minimum atomic E-state index is -0.126. The molecule has 6 nitrogen and oxygen atoms in total. The van der Waals surface area contributed by atoms with Crippen molar-refractivity contribution in [2.45, 2.75) is 38.0 Å². The first-order valence-electron chi connectivity index (χ1n) is 9.77. The molecule has 2 atom stereocenters. The Labute approximate surface area is 165 Å². The molecule has 0 bridgehead atoms. The third kappa shape index (κ3) is 3.52. The number of anilines is 1. The second kappa shape index (κ2) is 8.10. The van der Waals surface area contributed by atoms with Gasteiger partial charge in [-0.15, -0.1) is 0 Å². The number of ether oxygens (including phenoxy) is 2. The molecule has 1 amide bonds. The quantitative estimate of drug-likeness (QED) is 0.832. The Hall–Kier alpha value is -2.73. The van der Waals surface area contributed by atoms with Crippen molar-refractivity contribution in [3.8, 4) is 11.5 Å². The molecule has 0 spiro atoms. The minimum Gasteiger partial charge on any atom is -0.493 e. The summed E-state index contributed by atoms with van der Waals surface area (Å²) in [4.78, 5) is 15.1. The highest BCUT2D eigenvalue weighted by molar-refractivity contribution is 6.01. The Kier molecular flexibility index (Phi) is 5.39. The third-order valence-electron chi connectivity index (χ3n) is 5.61. The fourth-order valence-corrected chi connectivity index (χ4v) is 4.13. The number of rotatable bonds is 5. The van der Waals surface area contributed by atoms with Gasteiger partial charge in [-0.25, -0.2) is 0 Å². The van der Waals surface area contributed by atoms with Gasteiger partial charge in [0.15, 0.2) is 11.5 Å². The average Bonchev–Trinajstić information content (AvgIpc) is 2.88. The number of nitrogens with zero attached hydrogens (tertiary/aromatic N) is 1. The Bertz CT molecular complexity index is 840. The van der Waals surface area contributed by atoms with E-state index < -0.39 is 0 Å². The highest BCUT2D eigenvalue weighted by atomic mass is 16.5. The monoisotopic (exact) mass is 382 g/mol. The molecular weight excluding hydrogens is 356 g/mol. The van der Waals surface area contributed by atoms with E-state index in [-0.39, 0.29) is 24.6 Å². The molecule has 2 aliphatic rings. The predicted molar refractivity (Wildman–Crippen MR) is 107 cm³/mol. The lowest BCUT2D eigenvalue weighted by Gasteiger charge is -2.40. The van der Waals surface area contributed by atoms with Gasteiger partial charge in [-0.2, -0.15) is 0 Å². The minimum absolute atomic E-state index is 0.00697. The number of fused-ring (bicyclic) bond motifs is 2. The van der Waals surface area contributed by atoms with Crippen LogP contribution < -0.4 is 14.8 Å². The summed E-state index contributed by atoms with van der Waals surface area (Å²) in [5.74, 6) is 1.07. The van der Waals surface area contributed by atoms with Crippen LogP contribution in [0.1, 0.15) is 35.2 Å². The topological polar surface area (TPSA) is 71.0 Å². The van der Waals surface area contributed by atoms with Crippen molar-refractivity contribution in [2.24, 2.45) is 0 Å². The first-order chi connectivity index (χ1) is 13.7. The smallest absolute Gasteiger partial charge is 0.256 e. The fourth-order valence-electron chi connectivity index (χ4n) is 4.13. The van der Waals surface area contributed by atoms with Gasteiger partial charge in [-0.3, -0.25) is 4.79 Å². The molecule has 1 fully saturated rings. The molecule has 2 aromatic carbocycles. The molecule has 1 unspecified atom stereocenters. The zero-order chi connectivity index (χ0) is 19.5. The number of hydrogen-bond acceptors (Lipinski definition) is 5. The van der Waals surface area contributed by atoms with Crippen molar-refractivity contribution in [1.82, 2.24) is 4.90 Å². The van der Waals surface area contributed by atoms with Crippen LogP contribution in [0, 0.1) is 0 Å². The van der Waals surface area contributed by atoms with Gasteiger partial charge < -0.3 is 24.8 Å². The normalized spacial score (nSPS) is 21.2. The molecule has 0 saturated carbocycles. The van der Waals surface area contributed by atoms with Gasteiger partial charge in [0.25, 0.3) is 5.91 Å². The van der Waals surface area contributed by atoms with Crippen molar-refractivity contribution < 1.29 is 19.4 Å². The molecule has 4 rings (SSSR count). The Morgan fingerprint density at radius 3 is 2.75 bits per heavy atom. The standard InChI is InChI=1S/C22H26N2O4/c1-27-20-10-18-19(11-21(20)28-14-15-6-3-2-4-7-15)23-12-16-8-5-9-17(13-25)24(16)22(18)26/h2-4,6-7,10-11,16-17,23,25H,5,8-9,12-14H2,1H3/t16?,17-/m0/s1. The van der Waals surface area contributed by atoms with Gasteiger partial charge in [0.1, 0.15) is 6.61 Å². The first kappa shape index (κ1) is 18.6. The molecule has 0 radical (unpaired) electrons. The number of aliphatic hydroxyl groups is 1. The SMILES string of the molecule is COc1cc2c(cc1OCc1ccccc1)NCC1CCC[C@@H](CO)N1C2=O. The van der Waals surface area contributed by atoms with Crippen LogP contribution in [0.5, 0.6) is 11.5 Å². The molecule has 0 aliphatic carbocycles. The number of benzene rings is 2. The predicted octanol–water partition coefficient (Wildman–Crippen LogP) is 3.06. The zero-order valence-electron chi connectivity index (χ0n) is 16.1. The average molecular weight is 382 g/mol. The van der Waals surface area contributed by atoms with E-state index in [0.717, 1.165) is 30.5 Å². The molecule has 2 aliphatic heterocycles. The van der Waals surface area contributed by atoms with E-state index in [1.54, 1.807) is 13.2 Å². The van der Waals surface area contributed by atoms with Crippen LogP contribution in [-0.4, -0.2) is 48.3 Å². The maximum atomic E-state index is 13.3. The largest absolute Gasteiger partial charge is 0.493 e. The molecule has 6 heteroatoms. The number of nitrogens with one attached hydrogen (secondary N) is 1. The lowest BCUT2D eigenvalue weighted by Crippen LogP contribution is -2.52. The molecular formula is C22H26N2O4. The van der Waals surface area contributed by atoms with Crippen LogP contribution in [-0.2, 0) is 6.61 Å². The number of hydrogen-bond donors (Lipinski definition) is 2. The molecule has 148 valence electrons. The number of piperidine rings is 1. The number of carbonyl (C=O) groups is 1. The van der Waals surface area contributed by atoms with Crippen molar-refractivity contribution in [3.63, 3.8) is 0 Å². The summed E-state index contributed by atoms with van der Waals surface area (Å²) in [5.41, 5.74) is 2.37. The second-order valence-corrected chi connectivity index (χ2v) is 7.34. The van der Waals surface area contributed by atoms with Crippen molar-refractivity contribution in [3.05, 3.63) is 53.6 Å². The number of amides is 1. The van der Waals surface area contributed by atoms with Crippen molar-refractivity contribution in [2.75, 3.05) is 25.6 Å². The Morgan fingerprint density at radius 2 is 2.00 bits per heavy atom. The highest BCUT2D eigenvalue weighted by Gasteiger charge is 2.37. The third-order valence-corrected chi connectivity index (χ3v) is 5.61. The van der Waals surface area contributed by atoms with Gasteiger partial charge in [0.2, 0.25) is 0 Å². The summed E-state index contributed by atoms with van der Waals surface area (Å²) in [6, 6.07) is 13.5. The number of aliphatic hydroxyl groups excluding tert-OH is 1. The Morgan fingerprint density at radius 1 is 1.18 bits per heavy atom. The van der Waals surface area contributed by atoms with Gasteiger partial charge in [-0.05, 0) is 30.9 Å². The molecule has 28 heavy (non-hydrogen) atoms. The maximum Gasteiger partial charge on any atom is 0.256 e. The lowest BCUT2D eigenvalue weighted by atomic mass is 9.95. The second-order valence-electron chi connectivity index (χ2n) is 7.34. The summed E-state index contributed by atoms with van der Waals surface area (Å²) in [5, 5.41) is 13.2. The van der Waals surface area contributed by atoms with E-state index in [9.17, 15) is 9.90 Å².